The maximum Gasteiger partial charge on any atom is 0.255 e. The lowest BCUT2D eigenvalue weighted by Gasteiger charge is -2.12. The third-order valence-corrected chi connectivity index (χ3v) is 2.72. The number of phenolic OH excluding ortho intramolecular Hbond substituents is 1. The van der Waals surface area contributed by atoms with E-state index in [1.807, 2.05) is 13.8 Å². The minimum Gasteiger partial charge on any atom is -0.507 e. The van der Waals surface area contributed by atoms with Crippen LogP contribution in [0, 0.1) is 6.92 Å². The minimum atomic E-state index is -0.323. The average molecular weight is 245 g/mol. The van der Waals surface area contributed by atoms with Gasteiger partial charge >= 0.3 is 0 Å². The van der Waals surface area contributed by atoms with Crippen LogP contribution in [0.5, 0.6) is 5.75 Å². The number of hydrogen-bond acceptors (Lipinski definition) is 3. The van der Waals surface area contributed by atoms with E-state index in [0.717, 1.165) is 5.56 Å². The maximum atomic E-state index is 12.0. The fourth-order valence-electron chi connectivity index (χ4n) is 1.72. The van der Waals surface area contributed by atoms with Crippen molar-refractivity contribution in [1.82, 2.24) is 5.32 Å². The molecule has 1 aromatic heterocycles. The Morgan fingerprint density at radius 1 is 1.39 bits per heavy atom. The van der Waals surface area contributed by atoms with Gasteiger partial charge in [0.15, 0.2) is 0 Å². The van der Waals surface area contributed by atoms with Gasteiger partial charge in [0.2, 0.25) is 0 Å². The van der Waals surface area contributed by atoms with E-state index >= 15 is 0 Å². The van der Waals surface area contributed by atoms with Crippen molar-refractivity contribution in [3.63, 3.8) is 0 Å². The van der Waals surface area contributed by atoms with Gasteiger partial charge in [-0.2, -0.15) is 0 Å². The van der Waals surface area contributed by atoms with E-state index in [2.05, 4.69) is 5.32 Å². The van der Waals surface area contributed by atoms with Gasteiger partial charge in [-0.05, 0) is 43.7 Å². The lowest BCUT2D eigenvalue weighted by Crippen LogP contribution is -2.26. The molecule has 1 heterocycles. The monoisotopic (exact) mass is 245 g/mol. The van der Waals surface area contributed by atoms with Crippen LogP contribution in [0.25, 0.3) is 0 Å². The summed E-state index contributed by atoms with van der Waals surface area (Å²) in [5, 5.41) is 12.5. The third kappa shape index (κ3) is 2.53. The Hall–Kier alpha value is -2.23. The quantitative estimate of drug-likeness (QED) is 0.874. The van der Waals surface area contributed by atoms with Crippen LogP contribution in [0.15, 0.2) is 41.0 Å². The van der Waals surface area contributed by atoms with Crippen molar-refractivity contribution in [3.05, 3.63) is 53.5 Å². The number of phenols is 1. The highest BCUT2D eigenvalue weighted by atomic mass is 16.3. The zero-order chi connectivity index (χ0) is 13.1. The molecule has 0 aliphatic carbocycles. The Morgan fingerprint density at radius 3 is 2.78 bits per heavy atom. The summed E-state index contributed by atoms with van der Waals surface area (Å²) in [6, 6.07) is 8.27. The number of nitrogens with one attached hydrogen (secondary N) is 1. The number of rotatable bonds is 3. The predicted molar refractivity (Wildman–Crippen MR) is 67.4 cm³/mol. The Labute approximate surface area is 105 Å². The zero-order valence-corrected chi connectivity index (χ0v) is 10.3. The summed E-state index contributed by atoms with van der Waals surface area (Å²) in [6.07, 6.45) is 1.56. The fraction of sp³-hybridized carbons (Fsp3) is 0.214. The molecule has 1 amide bonds. The Kier molecular flexibility index (Phi) is 3.37. The smallest absolute Gasteiger partial charge is 0.255 e. The van der Waals surface area contributed by atoms with E-state index in [4.69, 9.17) is 4.42 Å². The zero-order valence-electron chi connectivity index (χ0n) is 10.3. The number of carbonyl (C=O) groups is 1. The molecule has 0 bridgehead atoms. The van der Waals surface area contributed by atoms with Crippen molar-refractivity contribution in [2.75, 3.05) is 0 Å². The van der Waals surface area contributed by atoms with E-state index in [-0.39, 0.29) is 23.3 Å². The topological polar surface area (TPSA) is 62.5 Å². The number of benzene rings is 1. The first-order valence-corrected chi connectivity index (χ1v) is 5.72. The second kappa shape index (κ2) is 4.96. The number of aromatic hydroxyl groups is 1. The molecule has 4 nitrogen and oxygen atoms in total. The molecule has 0 saturated carbocycles. The van der Waals surface area contributed by atoms with Crippen LogP contribution >= 0.6 is 0 Å². The summed E-state index contributed by atoms with van der Waals surface area (Å²) in [7, 11) is 0. The molecule has 2 rings (SSSR count). The molecule has 0 fully saturated rings. The standard InChI is InChI=1S/C14H15NO3/c1-9-5-6-11(12(16)8-9)14(17)15-10(2)13-4-3-7-18-13/h3-8,10,16H,1-2H3,(H,15,17). The summed E-state index contributed by atoms with van der Waals surface area (Å²) in [4.78, 5) is 12.0. The normalized spacial score (nSPS) is 12.1. The molecule has 0 spiro atoms. The molecule has 4 heteroatoms. The summed E-state index contributed by atoms with van der Waals surface area (Å²) in [5.41, 5.74) is 1.17. The number of hydrogen-bond donors (Lipinski definition) is 2. The highest BCUT2D eigenvalue weighted by Crippen LogP contribution is 2.20. The Morgan fingerprint density at radius 2 is 2.17 bits per heavy atom. The molecule has 18 heavy (non-hydrogen) atoms. The largest absolute Gasteiger partial charge is 0.507 e. The van der Waals surface area contributed by atoms with Gasteiger partial charge in [-0.3, -0.25) is 4.79 Å². The highest BCUT2D eigenvalue weighted by Gasteiger charge is 2.15. The van der Waals surface area contributed by atoms with Crippen LogP contribution in [0.2, 0.25) is 0 Å². The van der Waals surface area contributed by atoms with E-state index < -0.39 is 0 Å². The second-order valence-corrected chi connectivity index (χ2v) is 4.23. The van der Waals surface area contributed by atoms with Gasteiger partial charge in [0.05, 0.1) is 17.9 Å². The average Bonchev–Trinajstić information content (AvgIpc) is 2.81. The van der Waals surface area contributed by atoms with Gasteiger partial charge in [0.1, 0.15) is 11.5 Å². The minimum absolute atomic E-state index is 0.0147. The van der Waals surface area contributed by atoms with Crippen LogP contribution in [-0.4, -0.2) is 11.0 Å². The maximum absolute atomic E-state index is 12.0. The van der Waals surface area contributed by atoms with Gasteiger partial charge in [-0.15, -0.1) is 0 Å². The highest BCUT2D eigenvalue weighted by molar-refractivity contribution is 5.97. The summed E-state index contributed by atoms with van der Waals surface area (Å²) in [5.74, 6) is 0.338. The van der Waals surface area contributed by atoms with Crippen LogP contribution < -0.4 is 5.32 Å². The Bertz CT molecular complexity index is 546. The van der Waals surface area contributed by atoms with Crippen LogP contribution in [0.4, 0.5) is 0 Å². The number of amides is 1. The van der Waals surface area contributed by atoms with Gasteiger partial charge in [0, 0.05) is 0 Å². The fourth-order valence-corrected chi connectivity index (χ4v) is 1.72. The first kappa shape index (κ1) is 12.2. The number of carbonyl (C=O) groups excluding carboxylic acids is 1. The number of furan rings is 1. The van der Waals surface area contributed by atoms with Crippen molar-refractivity contribution in [2.24, 2.45) is 0 Å². The molecule has 0 aliphatic heterocycles. The van der Waals surface area contributed by atoms with E-state index in [1.165, 1.54) is 0 Å². The van der Waals surface area contributed by atoms with Crippen LogP contribution in [0.1, 0.15) is 34.6 Å². The lowest BCUT2D eigenvalue weighted by molar-refractivity contribution is 0.0932. The van der Waals surface area contributed by atoms with E-state index in [9.17, 15) is 9.90 Å². The second-order valence-electron chi connectivity index (χ2n) is 4.23. The summed E-state index contributed by atoms with van der Waals surface area (Å²) >= 11 is 0. The molecule has 0 aliphatic rings. The predicted octanol–water partition coefficient (Wildman–Crippen LogP) is 2.78. The van der Waals surface area contributed by atoms with E-state index in [1.54, 1.807) is 36.6 Å². The van der Waals surface area contributed by atoms with Crippen molar-refractivity contribution in [1.29, 1.82) is 0 Å². The molecular formula is C14H15NO3. The van der Waals surface area contributed by atoms with Gasteiger partial charge in [0.25, 0.3) is 5.91 Å². The molecule has 2 N–H and O–H groups in total. The molecule has 1 aromatic carbocycles. The summed E-state index contributed by atoms with van der Waals surface area (Å²) < 4.78 is 5.20. The molecule has 1 atom stereocenters. The van der Waals surface area contributed by atoms with Gasteiger partial charge in [-0.25, -0.2) is 0 Å². The molecule has 2 aromatic rings. The molecule has 0 saturated heterocycles. The molecule has 1 unspecified atom stereocenters. The van der Waals surface area contributed by atoms with Crippen LogP contribution in [-0.2, 0) is 0 Å². The van der Waals surface area contributed by atoms with E-state index in [0.29, 0.717) is 5.76 Å². The van der Waals surface area contributed by atoms with Crippen molar-refractivity contribution >= 4 is 5.91 Å². The molecule has 94 valence electrons. The first-order chi connectivity index (χ1) is 8.58. The van der Waals surface area contributed by atoms with Crippen LogP contribution in [0.3, 0.4) is 0 Å². The molecule has 0 radical (unpaired) electrons. The van der Waals surface area contributed by atoms with Gasteiger partial charge in [-0.1, -0.05) is 6.07 Å². The van der Waals surface area contributed by atoms with Crippen molar-refractivity contribution in [2.45, 2.75) is 19.9 Å². The number of aryl methyl sites for hydroxylation is 1. The van der Waals surface area contributed by atoms with Gasteiger partial charge < -0.3 is 14.8 Å². The lowest BCUT2D eigenvalue weighted by atomic mass is 10.1. The first-order valence-electron chi connectivity index (χ1n) is 5.72. The Balaban J connectivity index is 2.12. The third-order valence-electron chi connectivity index (χ3n) is 2.72. The SMILES string of the molecule is Cc1ccc(C(=O)NC(C)c2ccco2)c(O)c1. The molecular weight excluding hydrogens is 230 g/mol. The summed E-state index contributed by atoms with van der Waals surface area (Å²) in [6.45, 7) is 3.68. The van der Waals surface area contributed by atoms with Crippen molar-refractivity contribution < 1.29 is 14.3 Å². The van der Waals surface area contributed by atoms with Crippen molar-refractivity contribution in [3.8, 4) is 5.75 Å².